The van der Waals surface area contributed by atoms with Gasteiger partial charge in [0, 0.05) is 36.7 Å². The van der Waals surface area contributed by atoms with Gasteiger partial charge in [0.1, 0.15) is 0 Å². The third kappa shape index (κ3) is 3.59. The summed E-state index contributed by atoms with van der Waals surface area (Å²) in [6.45, 7) is 5.46. The average Bonchev–Trinajstić information content (AvgIpc) is 3.02. The molecule has 162 valence electrons. The third-order valence-corrected chi connectivity index (χ3v) is 6.48. The molecule has 2 N–H and O–H groups in total. The summed E-state index contributed by atoms with van der Waals surface area (Å²) in [6, 6.07) is 14.6. The number of carbonyl (C=O) groups excluding carboxylic acids is 3. The van der Waals surface area contributed by atoms with Crippen LogP contribution in [0.3, 0.4) is 0 Å². The Balaban J connectivity index is 1.63. The van der Waals surface area contributed by atoms with Gasteiger partial charge in [-0.05, 0) is 42.2 Å². The normalized spacial score (nSPS) is 17.2. The van der Waals surface area contributed by atoms with E-state index in [4.69, 9.17) is 5.21 Å². The van der Waals surface area contributed by atoms with Crippen LogP contribution in [0.25, 0.3) is 0 Å². The monoisotopic (exact) mass is 421 g/mol. The molecule has 0 radical (unpaired) electrons. The first-order valence-corrected chi connectivity index (χ1v) is 10.6. The zero-order chi connectivity index (χ0) is 22.2. The summed E-state index contributed by atoms with van der Waals surface area (Å²) in [4.78, 5) is 41.3. The maximum atomic E-state index is 13.4. The molecule has 2 aliphatic heterocycles. The molecule has 2 aromatic carbocycles. The van der Waals surface area contributed by atoms with Crippen molar-refractivity contribution in [2.24, 2.45) is 5.92 Å². The first-order chi connectivity index (χ1) is 14.9. The number of rotatable bonds is 4. The molecule has 0 bridgehead atoms. The molecular formula is C24H27N3O4. The molecule has 2 heterocycles. The van der Waals surface area contributed by atoms with E-state index in [9.17, 15) is 14.4 Å². The van der Waals surface area contributed by atoms with E-state index in [-0.39, 0.29) is 17.7 Å². The van der Waals surface area contributed by atoms with Gasteiger partial charge in [-0.3, -0.25) is 19.6 Å². The zero-order valence-corrected chi connectivity index (χ0v) is 17.8. The molecule has 7 nitrogen and oxygen atoms in total. The number of nitrogens with zero attached hydrogens (tertiary/aromatic N) is 2. The van der Waals surface area contributed by atoms with Gasteiger partial charge in [-0.25, -0.2) is 5.48 Å². The molecule has 2 aliphatic rings. The van der Waals surface area contributed by atoms with Gasteiger partial charge in [-0.15, -0.1) is 0 Å². The first kappa shape index (κ1) is 21.1. The van der Waals surface area contributed by atoms with Crippen molar-refractivity contribution in [2.75, 3.05) is 13.1 Å². The van der Waals surface area contributed by atoms with E-state index < -0.39 is 11.4 Å². The molecule has 2 aromatic rings. The molecule has 4 rings (SSSR count). The van der Waals surface area contributed by atoms with Crippen LogP contribution in [0.15, 0.2) is 48.5 Å². The highest BCUT2D eigenvalue weighted by Gasteiger charge is 2.51. The SMILES string of the molecule is CC(C)C(=O)N1CCC2(CC1)c1ccccc1C(=O)N2Cc1ccc(C(=O)NO)cc1. The number of nitrogens with one attached hydrogen (secondary N) is 1. The van der Waals surface area contributed by atoms with Crippen molar-refractivity contribution in [1.82, 2.24) is 15.3 Å². The second-order valence-corrected chi connectivity index (χ2v) is 8.59. The number of carbonyl (C=O) groups is 3. The second kappa shape index (κ2) is 8.15. The third-order valence-electron chi connectivity index (χ3n) is 6.48. The van der Waals surface area contributed by atoms with Crippen LogP contribution in [0.2, 0.25) is 0 Å². The molecular weight excluding hydrogens is 394 g/mol. The van der Waals surface area contributed by atoms with Crippen molar-refractivity contribution in [3.63, 3.8) is 0 Å². The number of hydrogen-bond acceptors (Lipinski definition) is 4. The van der Waals surface area contributed by atoms with Crippen LogP contribution in [-0.4, -0.2) is 45.8 Å². The number of amides is 3. The summed E-state index contributed by atoms with van der Waals surface area (Å²) in [5, 5.41) is 8.80. The minimum absolute atomic E-state index is 0.00332. The lowest BCUT2D eigenvalue weighted by atomic mass is 9.80. The Bertz CT molecular complexity index is 1010. The van der Waals surface area contributed by atoms with Gasteiger partial charge in [0.2, 0.25) is 5.91 Å². The molecule has 1 spiro atoms. The van der Waals surface area contributed by atoms with Crippen LogP contribution >= 0.6 is 0 Å². The highest BCUT2D eigenvalue weighted by atomic mass is 16.5. The standard InChI is InChI=1S/C24H27N3O4/c1-16(2)22(29)26-13-11-24(12-14-26)20-6-4-3-5-19(20)23(30)27(24)15-17-7-9-18(10-8-17)21(28)25-31/h3-10,16,31H,11-15H2,1-2H3,(H,25,28). The van der Waals surface area contributed by atoms with Crippen LogP contribution in [0.5, 0.6) is 0 Å². The van der Waals surface area contributed by atoms with Gasteiger partial charge < -0.3 is 9.80 Å². The summed E-state index contributed by atoms with van der Waals surface area (Å²) in [7, 11) is 0. The Morgan fingerprint density at radius 3 is 2.32 bits per heavy atom. The van der Waals surface area contributed by atoms with E-state index in [1.807, 2.05) is 47.9 Å². The molecule has 3 amide bonds. The molecule has 0 unspecified atom stereocenters. The predicted octanol–water partition coefficient (Wildman–Crippen LogP) is 2.94. The Kier molecular flexibility index (Phi) is 5.54. The fourth-order valence-electron chi connectivity index (χ4n) is 4.79. The van der Waals surface area contributed by atoms with E-state index >= 15 is 0 Å². The van der Waals surface area contributed by atoms with Crippen molar-refractivity contribution in [1.29, 1.82) is 0 Å². The Labute approximate surface area is 181 Å². The van der Waals surface area contributed by atoms with Crippen LogP contribution in [-0.2, 0) is 16.9 Å². The number of benzene rings is 2. The van der Waals surface area contributed by atoms with Crippen LogP contribution < -0.4 is 5.48 Å². The fraction of sp³-hybridized carbons (Fsp3) is 0.375. The minimum atomic E-state index is -0.574. The molecule has 31 heavy (non-hydrogen) atoms. The van der Waals surface area contributed by atoms with Gasteiger partial charge in [0.25, 0.3) is 11.8 Å². The number of hydroxylamine groups is 1. The molecule has 0 saturated carbocycles. The molecule has 1 fully saturated rings. The minimum Gasteiger partial charge on any atom is -0.342 e. The Hall–Kier alpha value is -3.19. The first-order valence-electron chi connectivity index (χ1n) is 10.6. The lowest BCUT2D eigenvalue weighted by Gasteiger charge is -2.46. The largest absolute Gasteiger partial charge is 0.342 e. The summed E-state index contributed by atoms with van der Waals surface area (Å²) >= 11 is 0. The van der Waals surface area contributed by atoms with Crippen molar-refractivity contribution in [3.05, 3.63) is 70.8 Å². The Morgan fingerprint density at radius 1 is 1.06 bits per heavy atom. The molecule has 0 aliphatic carbocycles. The topological polar surface area (TPSA) is 90.0 Å². The molecule has 1 saturated heterocycles. The summed E-state index contributed by atoms with van der Waals surface area (Å²) in [5.74, 6) is -0.472. The molecule has 0 atom stereocenters. The second-order valence-electron chi connectivity index (χ2n) is 8.59. The van der Waals surface area contributed by atoms with Crippen molar-refractivity contribution in [2.45, 2.75) is 38.8 Å². The number of hydrogen-bond donors (Lipinski definition) is 2. The van der Waals surface area contributed by atoms with E-state index in [0.717, 1.165) is 16.7 Å². The quantitative estimate of drug-likeness (QED) is 0.587. The lowest BCUT2D eigenvalue weighted by molar-refractivity contribution is -0.137. The van der Waals surface area contributed by atoms with Gasteiger partial charge >= 0.3 is 0 Å². The van der Waals surface area contributed by atoms with E-state index in [2.05, 4.69) is 0 Å². The number of fused-ring (bicyclic) bond motifs is 2. The lowest BCUT2D eigenvalue weighted by Crippen LogP contribution is -2.52. The Morgan fingerprint density at radius 2 is 1.71 bits per heavy atom. The maximum Gasteiger partial charge on any atom is 0.274 e. The van der Waals surface area contributed by atoms with E-state index in [1.165, 1.54) is 0 Å². The maximum absolute atomic E-state index is 13.4. The van der Waals surface area contributed by atoms with Gasteiger partial charge in [0.15, 0.2) is 0 Å². The van der Waals surface area contributed by atoms with Gasteiger partial charge in [0.05, 0.1) is 5.54 Å². The van der Waals surface area contributed by atoms with Crippen LogP contribution in [0.4, 0.5) is 0 Å². The summed E-state index contributed by atoms with van der Waals surface area (Å²) in [6.07, 6.45) is 1.39. The van der Waals surface area contributed by atoms with E-state index in [0.29, 0.717) is 38.0 Å². The fourth-order valence-corrected chi connectivity index (χ4v) is 4.79. The zero-order valence-electron chi connectivity index (χ0n) is 17.8. The predicted molar refractivity (Wildman–Crippen MR) is 114 cm³/mol. The van der Waals surface area contributed by atoms with Crippen molar-refractivity contribution in [3.8, 4) is 0 Å². The van der Waals surface area contributed by atoms with Gasteiger partial charge in [-0.2, -0.15) is 0 Å². The summed E-state index contributed by atoms with van der Waals surface area (Å²) in [5.41, 5.74) is 4.19. The summed E-state index contributed by atoms with van der Waals surface area (Å²) < 4.78 is 0. The van der Waals surface area contributed by atoms with Gasteiger partial charge in [-0.1, -0.05) is 44.2 Å². The highest BCUT2D eigenvalue weighted by molar-refractivity contribution is 6.00. The van der Waals surface area contributed by atoms with Crippen molar-refractivity contribution < 1.29 is 19.6 Å². The smallest absolute Gasteiger partial charge is 0.274 e. The van der Waals surface area contributed by atoms with Crippen LogP contribution in [0, 0.1) is 5.92 Å². The molecule has 7 heteroatoms. The molecule has 0 aromatic heterocycles. The van der Waals surface area contributed by atoms with Crippen molar-refractivity contribution >= 4 is 17.7 Å². The van der Waals surface area contributed by atoms with E-state index in [1.54, 1.807) is 29.7 Å². The highest BCUT2D eigenvalue weighted by Crippen LogP contribution is 2.47. The average molecular weight is 421 g/mol. The number of likely N-dealkylation sites (tertiary alicyclic amines) is 1. The number of piperidine rings is 1. The van der Waals surface area contributed by atoms with Crippen LogP contribution in [0.1, 0.15) is 58.5 Å².